The molecule has 3 heteroatoms. The fourth-order valence-electron chi connectivity index (χ4n) is 0.837. The number of ketones is 2. The van der Waals surface area contributed by atoms with Crippen LogP contribution in [0.15, 0.2) is 23.8 Å². The zero-order valence-corrected chi connectivity index (χ0v) is 5.91. The van der Waals surface area contributed by atoms with Crippen LogP contribution >= 0.6 is 0 Å². The van der Waals surface area contributed by atoms with Crippen LogP contribution in [0.5, 0.6) is 0 Å². The van der Waals surface area contributed by atoms with E-state index < -0.39 is 11.6 Å². The number of aliphatic hydroxyl groups excluding tert-OH is 1. The average molecular weight is 152 g/mol. The number of allylic oxidation sites excluding steroid dienone is 3. The molecule has 0 amide bonds. The average Bonchev–Trinajstić information content (AvgIpc) is 1.98. The van der Waals surface area contributed by atoms with Gasteiger partial charge in [-0.05, 0) is 24.1 Å². The van der Waals surface area contributed by atoms with Gasteiger partial charge in [-0.3, -0.25) is 9.59 Å². The molecule has 0 bridgehead atoms. The number of hydrogen-bond acceptors (Lipinski definition) is 3. The molecule has 0 aliphatic heterocycles. The van der Waals surface area contributed by atoms with E-state index in [1.807, 2.05) is 0 Å². The summed E-state index contributed by atoms with van der Waals surface area (Å²) in [5.41, 5.74) is 0.706. The summed E-state index contributed by atoms with van der Waals surface area (Å²) in [5.74, 6) is -0.998. The van der Waals surface area contributed by atoms with Crippen molar-refractivity contribution < 1.29 is 14.7 Å². The van der Waals surface area contributed by atoms with Gasteiger partial charge in [0.05, 0.1) is 0 Å². The molecule has 0 aromatic carbocycles. The first kappa shape index (κ1) is 7.88. The normalized spacial score (nSPS) is 17.0. The van der Waals surface area contributed by atoms with Crippen LogP contribution in [0, 0.1) is 0 Å². The highest BCUT2D eigenvalue weighted by Gasteiger charge is 2.12. The second kappa shape index (κ2) is 3.25. The Morgan fingerprint density at radius 2 is 1.91 bits per heavy atom. The van der Waals surface area contributed by atoms with E-state index in [9.17, 15) is 9.59 Å². The van der Waals surface area contributed by atoms with E-state index in [2.05, 4.69) is 0 Å². The molecule has 0 spiro atoms. The fourth-order valence-corrected chi connectivity index (χ4v) is 0.837. The molecular formula is C8H8O3. The van der Waals surface area contributed by atoms with E-state index >= 15 is 0 Å². The second-order valence-corrected chi connectivity index (χ2v) is 2.25. The largest absolute Gasteiger partial charge is 0.396 e. The third-order valence-electron chi connectivity index (χ3n) is 1.41. The Kier molecular flexibility index (Phi) is 2.33. The van der Waals surface area contributed by atoms with Gasteiger partial charge in [-0.2, -0.15) is 0 Å². The molecule has 58 valence electrons. The minimum absolute atomic E-state index is 0.00234. The Hall–Kier alpha value is -1.22. The molecule has 0 atom stereocenters. The van der Waals surface area contributed by atoms with Crippen molar-refractivity contribution in [3.05, 3.63) is 23.8 Å². The van der Waals surface area contributed by atoms with Gasteiger partial charge in [-0.15, -0.1) is 0 Å². The monoisotopic (exact) mass is 152 g/mol. The van der Waals surface area contributed by atoms with Crippen molar-refractivity contribution >= 4 is 11.6 Å². The first-order valence-corrected chi connectivity index (χ1v) is 3.32. The van der Waals surface area contributed by atoms with Crippen LogP contribution in [0.4, 0.5) is 0 Å². The maximum Gasteiger partial charge on any atom is 0.225 e. The Balaban J connectivity index is 2.72. The lowest BCUT2D eigenvalue weighted by Gasteiger charge is -2.01. The molecule has 0 aromatic heterocycles. The number of hydrogen-bond donors (Lipinski definition) is 1. The molecule has 1 aliphatic carbocycles. The number of rotatable bonds is 2. The van der Waals surface area contributed by atoms with Crippen LogP contribution in [-0.2, 0) is 9.59 Å². The van der Waals surface area contributed by atoms with Crippen molar-refractivity contribution in [1.82, 2.24) is 0 Å². The van der Waals surface area contributed by atoms with Gasteiger partial charge in [0.15, 0.2) is 0 Å². The Bertz CT molecular complexity index is 248. The second-order valence-electron chi connectivity index (χ2n) is 2.25. The Labute approximate surface area is 64.0 Å². The quantitative estimate of drug-likeness (QED) is 0.447. The molecule has 1 aliphatic rings. The topological polar surface area (TPSA) is 54.4 Å². The minimum Gasteiger partial charge on any atom is -0.396 e. The molecule has 11 heavy (non-hydrogen) atoms. The van der Waals surface area contributed by atoms with Crippen LogP contribution in [-0.4, -0.2) is 23.3 Å². The van der Waals surface area contributed by atoms with Crippen LogP contribution < -0.4 is 0 Å². The van der Waals surface area contributed by atoms with Gasteiger partial charge < -0.3 is 5.11 Å². The zero-order chi connectivity index (χ0) is 8.27. The van der Waals surface area contributed by atoms with Crippen molar-refractivity contribution in [1.29, 1.82) is 0 Å². The third-order valence-corrected chi connectivity index (χ3v) is 1.41. The predicted octanol–water partition coefficient (Wildman–Crippen LogP) is 0.00320. The molecular weight excluding hydrogens is 144 g/mol. The van der Waals surface area contributed by atoms with Gasteiger partial charge in [0.2, 0.25) is 11.6 Å². The first-order valence-electron chi connectivity index (χ1n) is 3.32. The van der Waals surface area contributed by atoms with Gasteiger partial charge in [0.1, 0.15) is 0 Å². The minimum atomic E-state index is -0.504. The Morgan fingerprint density at radius 3 is 2.45 bits per heavy atom. The molecule has 1 rings (SSSR count). The zero-order valence-electron chi connectivity index (χ0n) is 5.91. The van der Waals surface area contributed by atoms with Crippen LogP contribution in [0.25, 0.3) is 0 Å². The van der Waals surface area contributed by atoms with Gasteiger partial charge >= 0.3 is 0 Å². The van der Waals surface area contributed by atoms with Crippen molar-refractivity contribution in [2.24, 2.45) is 0 Å². The SMILES string of the molecule is O=C1C=CC(CCO)=CC1=O. The summed E-state index contributed by atoms with van der Waals surface area (Å²) in [6.07, 6.45) is 4.47. The molecule has 0 unspecified atom stereocenters. The summed E-state index contributed by atoms with van der Waals surface area (Å²) >= 11 is 0. The molecule has 0 aromatic rings. The lowest BCUT2D eigenvalue weighted by atomic mass is 10.0. The van der Waals surface area contributed by atoms with Crippen LogP contribution in [0.3, 0.4) is 0 Å². The van der Waals surface area contributed by atoms with E-state index in [0.29, 0.717) is 12.0 Å². The molecule has 0 saturated heterocycles. The van der Waals surface area contributed by atoms with E-state index in [1.54, 1.807) is 6.08 Å². The highest BCUT2D eigenvalue weighted by atomic mass is 16.3. The third kappa shape index (κ3) is 1.85. The van der Waals surface area contributed by atoms with Crippen LogP contribution in [0.1, 0.15) is 6.42 Å². The maximum atomic E-state index is 10.7. The van der Waals surface area contributed by atoms with Crippen molar-refractivity contribution in [2.75, 3.05) is 6.61 Å². The van der Waals surface area contributed by atoms with Crippen molar-refractivity contribution in [3.63, 3.8) is 0 Å². The lowest BCUT2D eigenvalue weighted by molar-refractivity contribution is -0.131. The maximum absolute atomic E-state index is 10.7. The molecule has 3 nitrogen and oxygen atoms in total. The molecule has 0 fully saturated rings. The first-order chi connectivity index (χ1) is 5.24. The van der Waals surface area contributed by atoms with Crippen molar-refractivity contribution in [3.8, 4) is 0 Å². The van der Waals surface area contributed by atoms with Gasteiger partial charge in [-0.25, -0.2) is 0 Å². The van der Waals surface area contributed by atoms with E-state index in [1.165, 1.54) is 12.2 Å². The fraction of sp³-hybridized carbons (Fsp3) is 0.250. The summed E-state index contributed by atoms with van der Waals surface area (Å²) in [5, 5.41) is 8.50. The van der Waals surface area contributed by atoms with Gasteiger partial charge in [0, 0.05) is 6.61 Å². The highest BCUT2D eigenvalue weighted by molar-refractivity contribution is 6.46. The van der Waals surface area contributed by atoms with Crippen molar-refractivity contribution in [2.45, 2.75) is 6.42 Å². The summed E-state index contributed by atoms with van der Waals surface area (Å²) < 4.78 is 0. The molecule has 0 saturated carbocycles. The van der Waals surface area contributed by atoms with E-state index in [-0.39, 0.29) is 6.61 Å². The lowest BCUT2D eigenvalue weighted by Crippen LogP contribution is -2.11. The highest BCUT2D eigenvalue weighted by Crippen LogP contribution is 2.07. The summed E-state index contributed by atoms with van der Waals surface area (Å²) in [7, 11) is 0. The molecule has 0 radical (unpaired) electrons. The van der Waals surface area contributed by atoms with Gasteiger partial charge in [0.25, 0.3) is 0 Å². The predicted molar refractivity (Wildman–Crippen MR) is 38.9 cm³/mol. The van der Waals surface area contributed by atoms with E-state index in [4.69, 9.17) is 5.11 Å². The Morgan fingerprint density at radius 1 is 1.18 bits per heavy atom. The smallest absolute Gasteiger partial charge is 0.225 e. The summed E-state index contributed by atoms with van der Waals surface area (Å²) in [6, 6.07) is 0. The number of carbonyl (C=O) groups excluding carboxylic acids is 2. The number of aliphatic hydroxyl groups is 1. The van der Waals surface area contributed by atoms with E-state index in [0.717, 1.165) is 0 Å². The summed E-state index contributed by atoms with van der Waals surface area (Å²) in [6.45, 7) is -0.00234. The number of carbonyl (C=O) groups is 2. The van der Waals surface area contributed by atoms with Crippen LogP contribution in [0.2, 0.25) is 0 Å². The van der Waals surface area contributed by atoms with Gasteiger partial charge in [-0.1, -0.05) is 6.08 Å². The molecule has 0 heterocycles. The molecule has 1 N–H and O–H groups in total. The standard InChI is InChI=1S/C8H8O3/c9-4-3-6-1-2-7(10)8(11)5-6/h1-2,5,9H,3-4H2. The summed E-state index contributed by atoms with van der Waals surface area (Å²) in [4.78, 5) is 21.3.